The quantitative estimate of drug-likeness (QED) is 0.606. The molecule has 0 saturated carbocycles. The van der Waals surface area contributed by atoms with Gasteiger partial charge in [0.25, 0.3) is 5.91 Å². The number of aliphatic imine (C=N–C) groups is 1. The van der Waals surface area contributed by atoms with Crippen LogP contribution in [-0.4, -0.2) is 16.6 Å². The fourth-order valence-corrected chi connectivity index (χ4v) is 1.94. The van der Waals surface area contributed by atoms with E-state index in [4.69, 9.17) is 23.2 Å². The summed E-state index contributed by atoms with van der Waals surface area (Å²) in [5.41, 5.74) is 0.222. The van der Waals surface area contributed by atoms with Crippen LogP contribution in [0, 0.1) is 0 Å². The SMILES string of the molecule is C=CN=C(C)N(C=C)C(=O)c1c(Cl)cccc1Cl. The van der Waals surface area contributed by atoms with E-state index in [0.717, 1.165) is 0 Å². The first-order valence-corrected chi connectivity index (χ1v) is 5.84. The van der Waals surface area contributed by atoms with Crippen LogP contribution < -0.4 is 0 Å². The summed E-state index contributed by atoms with van der Waals surface area (Å²) in [5.74, 6) is 0.0460. The van der Waals surface area contributed by atoms with Crippen LogP contribution >= 0.6 is 23.2 Å². The van der Waals surface area contributed by atoms with Gasteiger partial charge in [0.15, 0.2) is 0 Å². The summed E-state index contributed by atoms with van der Waals surface area (Å²) in [6, 6.07) is 4.87. The number of benzene rings is 1. The molecule has 0 N–H and O–H groups in total. The van der Waals surface area contributed by atoms with Crippen molar-refractivity contribution in [2.24, 2.45) is 4.99 Å². The van der Waals surface area contributed by atoms with Crippen molar-refractivity contribution in [2.45, 2.75) is 6.92 Å². The smallest absolute Gasteiger partial charge is 0.266 e. The second-order valence-electron chi connectivity index (χ2n) is 3.31. The fourth-order valence-electron chi connectivity index (χ4n) is 1.38. The lowest BCUT2D eigenvalue weighted by Crippen LogP contribution is -2.30. The van der Waals surface area contributed by atoms with Crippen LogP contribution in [0.4, 0.5) is 0 Å². The van der Waals surface area contributed by atoms with Gasteiger partial charge < -0.3 is 0 Å². The first-order valence-electron chi connectivity index (χ1n) is 5.08. The van der Waals surface area contributed by atoms with Gasteiger partial charge in [-0.3, -0.25) is 9.69 Å². The van der Waals surface area contributed by atoms with Crippen LogP contribution in [0.25, 0.3) is 0 Å². The molecule has 0 bridgehead atoms. The molecule has 0 spiro atoms. The number of hydrogen-bond donors (Lipinski definition) is 0. The van der Waals surface area contributed by atoms with Gasteiger partial charge >= 0.3 is 0 Å². The standard InChI is InChI=1S/C13H12Cl2N2O/c1-4-16-9(3)17(5-2)13(18)12-10(14)7-6-8-11(12)15/h4-8H,1-2H2,3H3. The highest BCUT2D eigenvalue weighted by atomic mass is 35.5. The molecule has 94 valence electrons. The van der Waals surface area contributed by atoms with Crippen LogP contribution in [0.3, 0.4) is 0 Å². The molecule has 0 aliphatic rings. The minimum Gasteiger partial charge on any atom is -0.272 e. The molecule has 5 heteroatoms. The van der Waals surface area contributed by atoms with Crippen LogP contribution in [-0.2, 0) is 0 Å². The normalized spacial score (nSPS) is 10.9. The predicted molar refractivity (Wildman–Crippen MR) is 76.1 cm³/mol. The van der Waals surface area contributed by atoms with Crippen molar-refractivity contribution in [3.63, 3.8) is 0 Å². The van der Waals surface area contributed by atoms with Gasteiger partial charge in [-0.25, -0.2) is 4.99 Å². The van der Waals surface area contributed by atoms with Gasteiger partial charge in [-0.1, -0.05) is 42.4 Å². The van der Waals surface area contributed by atoms with Gasteiger partial charge in [0.2, 0.25) is 0 Å². The van der Waals surface area contributed by atoms with Crippen molar-refractivity contribution in [3.8, 4) is 0 Å². The molecule has 0 radical (unpaired) electrons. The molecule has 1 rings (SSSR count). The van der Waals surface area contributed by atoms with E-state index in [2.05, 4.69) is 18.2 Å². The van der Waals surface area contributed by atoms with Gasteiger partial charge in [0.1, 0.15) is 5.84 Å². The summed E-state index contributed by atoms with van der Waals surface area (Å²) in [7, 11) is 0. The number of amidine groups is 1. The number of rotatable bonds is 3. The maximum absolute atomic E-state index is 12.3. The summed E-state index contributed by atoms with van der Waals surface area (Å²) in [6.07, 6.45) is 2.69. The van der Waals surface area contributed by atoms with E-state index in [1.54, 1.807) is 25.1 Å². The maximum Gasteiger partial charge on any atom is 0.266 e. The van der Waals surface area contributed by atoms with Crippen LogP contribution in [0.15, 0.2) is 48.7 Å². The van der Waals surface area contributed by atoms with Crippen molar-refractivity contribution in [2.75, 3.05) is 0 Å². The summed E-state index contributed by atoms with van der Waals surface area (Å²) >= 11 is 12.0. The number of carbonyl (C=O) groups excluding carboxylic acids is 1. The Morgan fingerprint density at radius 1 is 1.33 bits per heavy atom. The van der Waals surface area contributed by atoms with Crippen molar-refractivity contribution in [1.29, 1.82) is 0 Å². The minimum absolute atomic E-state index is 0.222. The first kappa shape index (κ1) is 14.5. The van der Waals surface area contributed by atoms with E-state index < -0.39 is 0 Å². The van der Waals surface area contributed by atoms with E-state index in [1.807, 2.05) is 0 Å². The number of hydrogen-bond acceptors (Lipinski definition) is 2. The zero-order chi connectivity index (χ0) is 13.7. The zero-order valence-corrected chi connectivity index (χ0v) is 11.4. The first-order chi connectivity index (χ1) is 8.52. The highest BCUT2D eigenvalue weighted by molar-refractivity contribution is 6.40. The Labute approximate surface area is 116 Å². The van der Waals surface area contributed by atoms with Gasteiger partial charge in [-0.05, 0) is 19.1 Å². The Morgan fingerprint density at radius 2 is 1.89 bits per heavy atom. The van der Waals surface area contributed by atoms with Gasteiger partial charge in [-0.15, -0.1) is 0 Å². The second-order valence-corrected chi connectivity index (χ2v) is 4.13. The Balaban J connectivity index is 3.24. The number of halogens is 2. The van der Waals surface area contributed by atoms with Crippen LogP contribution in [0.5, 0.6) is 0 Å². The zero-order valence-electron chi connectivity index (χ0n) is 9.86. The molecule has 0 aromatic heterocycles. The summed E-state index contributed by atoms with van der Waals surface area (Å²) in [4.78, 5) is 17.5. The summed E-state index contributed by atoms with van der Waals surface area (Å²) < 4.78 is 0. The van der Waals surface area contributed by atoms with Crippen LogP contribution in [0.1, 0.15) is 17.3 Å². The number of carbonyl (C=O) groups is 1. The Kier molecular flexibility index (Phi) is 5.13. The Morgan fingerprint density at radius 3 is 2.33 bits per heavy atom. The molecular weight excluding hydrogens is 271 g/mol. The monoisotopic (exact) mass is 282 g/mol. The highest BCUT2D eigenvalue weighted by Gasteiger charge is 2.21. The van der Waals surface area contributed by atoms with Crippen molar-refractivity contribution < 1.29 is 4.79 Å². The van der Waals surface area contributed by atoms with E-state index in [-0.39, 0.29) is 21.5 Å². The largest absolute Gasteiger partial charge is 0.272 e. The molecule has 0 unspecified atom stereocenters. The van der Waals surface area contributed by atoms with Crippen molar-refractivity contribution in [1.82, 2.24) is 4.90 Å². The lowest BCUT2D eigenvalue weighted by molar-refractivity contribution is 0.0888. The third kappa shape index (κ3) is 3.00. The van der Waals surface area contributed by atoms with Crippen LogP contribution in [0.2, 0.25) is 10.0 Å². The molecule has 1 aromatic carbocycles. The number of nitrogens with zero attached hydrogens (tertiary/aromatic N) is 2. The van der Waals surface area contributed by atoms with Gasteiger partial charge in [0, 0.05) is 12.4 Å². The van der Waals surface area contributed by atoms with Crippen molar-refractivity contribution >= 4 is 34.9 Å². The Bertz CT molecular complexity index is 503. The molecule has 1 amide bonds. The average molecular weight is 283 g/mol. The van der Waals surface area contributed by atoms with E-state index >= 15 is 0 Å². The van der Waals surface area contributed by atoms with E-state index in [0.29, 0.717) is 5.84 Å². The Hall–Kier alpha value is -1.58. The molecule has 1 aromatic rings. The molecule has 0 aliphatic heterocycles. The second kappa shape index (κ2) is 6.38. The lowest BCUT2D eigenvalue weighted by Gasteiger charge is -2.18. The number of amides is 1. The molecule has 0 atom stereocenters. The topological polar surface area (TPSA) is 32.7 Å². The molecule has 0 aliphatic carbocycles. The maximum atomic E-state index is 12.3. The molecule has 18 heavy (non-hydrogen) atoms. The van der Waals surface area contributed by atoms with Gasteiger partial charge in [0.05, 0.1) is 15.6 Å². The molecule has 3 nitrogen and oxygen atoms in total. The van der Waals surface area contributed by atoms with Crippen molar-refractivity contribution in [3.05, 3.63) is 59.4 Å². The highest BCUT2D eigenvalue weighted by Crippen LogP contribution is 2.25. The molecule has 0 heterocycles. The molecule has 0 fully saturated rings. The minimum atomic E-state index is -0.385. The van der Waals surface area contributed by atoms with Gasteiger partial charge in [-0.2, -0.15) is 0 Å². The summed E-state index contributed by atoms with van der Waals surface area (Å²) in [6.45, 7) is 8.71. The third-order valence-corrected chi connectivity index (χ3v) is 2.83. The van der Waals surface area contributed by atoms with E-state index in [1.165, 1.54) is 17.3 Å². The lowest BCUT2D eigenvalue weighted by atomic mass is 10.2. The molecular formula is C13H12Cl2N2O. The third-order valence-electron chi connectivity index (χ3n) is 2.20. The molecule has 0 saturated heterocycles. The summed E-state index contributed by atoms with van der Waals surface area (Å²) in [5, 5.41) is 0.566. The van der Waals surface area contributed by atoms with E-state index in [9.17, 15) is 4.79 Å². The fraction of sp³-hybridized carbons (Fsp3) is 0.0769. The predicted octanol–water partition coefficient (Wildman–Crippen LogP) is 4.14. The average Bonchev–Trinajstić information content (AvgIpc) is 2.30.